The molecule has 0 saturated carbocycles. The van der Waals surface area contributed by atoms with Crippen molar-refractivity contribution < 1.29 is 14.4 Å². The van der Waals surface area contributed by atoms with E-state index in [0.717, 1.165) is 29.7 Å². The van der Waals surface area contributed by atoms with Gasteiger partial charge in [-0.15, -0.1) is 0 Å². The monoisotopic (exact) mass is 469 g/mol. The van der Waals surface area contributed by atoms with Crippen molar-refractivity contribution in [3.63, 3.8) is 0 Å². The molecular weight excluding hydrogens is 438 g/mol. The summed E-state index contributed by atoms with van der Waals surface area (Å²) in [6.07, 6.45) is 1.48. The van der Waals surface area contributed by atoms with Crippen molar-refractivity contribution in [2.45, 2.75) is 45.8 Å². The van der Waals surface area contributed by atoms with Crippen molar-refractivity contribution in [1.29, 1.82) is 0 Å². The highest BCUT2D eigenvalue weighted by molar-refractivity contribution is 5.95. The van der Waals surface area contributed by atoms with Crippen molar-refractivity contribution in [2.24, 2.45) is 0 Å². The Morgan fingerprint density at radius 3 is 2.43 bits per heavy atom. The lowest BCUT2D eigenvalue weighted by molar-refractivity contribution is -0.128. The standard InChI is InChI=1S/C29H31N3O3/c1-21(25-12-7-14-27(18-25)30-22(2)33)32(20-23-9-4-3-5-10-23)29(35)26-13-6-11-24(17-26)19-31-16-8-15-28(31)34/h3-7,9-14,17-18,21H,8,15-16,19-20H2,1-2H3,(H,30,33). The fourth-order valence-electron chi connectivity index (χ4n) is 4.48. The van der Waals surface area contributed by atoms with E-state index in [-0.39, 0.29) is 23.8 Å². The van der Waals surface area contributed by atoms with Crippen LogP contribution in [0.3, 0.4) is 0 Å². The highest BCUT2D eigenvalue weighted by Gasteiger charge is 2.25. The van der Waals surface area contributed by atoms with E-state index in [2.05, 4.69) is 5.32 Å². The zero-order valence-electron chi connectivity index (χ0n) is 20.2. The summed E-state index contributed by atoms with van der Waals surface area (Å²) in [5, 5.41) is 2.82. The van der Waals surface area contributed by atoms with E-state index in [1.807, 2.05) is 95.6 Å². The molecule has 0 aliphatic carbocycles. The molecule has 1 atom stereocenters. The van der Waals surface area contributed by atoms with Gasteiger partial charge in [0.15, 0.2) is 0 Å². The molecule has 0 bridgehead atoms. The minimum atomic E-state index is -0.236. The average molecular weight is 470 g/mol. The summed E-state index contributed by atoms with van der Waals surface area (Å²) in [7, 11) is 0. The lowest BCUT2D eigenvalue weighted by Gasteiger charge is -2.30. The van der Waals surface area contributed by atoms with E-state index < -0.39 is 0 Å². The highest BCUT2D eigenvalue weighted by atomic mass is 16.2. The molecule has 6 nitrogen and oxygen atoms in total. The van der Waals surface area contributed by atoms with Gasteiger partial charge in [0, 0.05) is 44.2 Å². The first-order valence-electron chi connectivity index (χ1n) is 12.0. The number of hydrogen-bond acceptors (Lipinski definition) is 3. The Bertz CT molecular complexity index is 1210. The molecule has 6 heteroatoms. The zero-order chi connectivity index (χ0) is 24.8. The van der Waals surface area contributed by atoms with Crippen molar-refractivity contribution >= 4 is 23.4 Å². The number of nitrogens with zero attached hydrogens (tertiary/aromatic N) is 2. The maximum atomic E-state index is 13.9. The molecule has 1 fully saturated rings. The number of likely N-dealkylation sites (tertiary alicyclic amines) is 1. The number of anilines is 1. The molecule has 1 aliphatic heterocycles. The highest BCUT2D eigenvalue weighted by Crippen LogP contribution is 2.27. The van der Waals surface area contributed by atoms with Crippen LogP contribution in [0.25, 0.3) is 0 Å². The summed E-state index contributed by atoms with van der Waals surface area (Å²) in [5.41, 5.74) is 4.20. The summed E-state index contributed by atoms with van der Waals surface area (Å²) in [5.74, 6) is -0.0543. The Morgan fingerprint density at radius 1 is 0.971 bits per heavy atom. The molecule has 3 aromatic rings. The molecule has 35 heavy (non-hydrogen) atoms. The van der Waals surface area contributed by atoms with Gasteiger partial charge in [-0.25, -0.2) is 0 Å². The summed E-state index contributed by atoms with van der Waals surface area (Å²) in [6.45, 7) is 5.20. The third kappa shape index (κ3) is 6.15. The first-order chi connectivity index (χ1) is 16.9. The topological polar surface area (TPSA) is 69.7 Å². The molecule has 1 saturated heterocycles. The Balaban J connectivity index is 1.62. The van der Waals surface area contributed by atoms with Crippen LogP contribution in [-0.4, -0.2) is 34.1 Å². The SMILES string of the molecule is CC(=O)Nc1cccc(C(C)N(Cc2ccccc2)C(=O)c2cccc(CN3CCCC3=O)c2)c1. The molecule has 1 N–H and O–H groups in total. The number of hydrogen-bond donors (Lipinski definition) is 1. The maximum absolute atomic E-state index is 13.9. The molecule has 1 aliphatic rings. The maximum Gasteiger partial charge on any atom is 0.254 e. The first-order valence-corrected chi connectivity index (χ1v) is 12.0. The molecule has 0 aromatic heterocycles. The van der Waals surface area contributed by atoms with Crippen molar-refractivity contribution in [1.82, 2.24) is 9.80 Å². The normalized spacial score (nSPS) is 14.0. The van der Waals surface area contributed by atoms with Gasteiger partial charge >= 0.3 is 0 Å². The van der Waals surface area contributed by atoms with E-state index in [9.17, 15) is 14.4 Å². The van der Waals surface area contributed by atoms with Crippen LogP contribution in [0.1, 0.15) is 59.8 Å². The summed E-state index contributed by atoms with van der Waals surface area (Å²) in [6, 6.07) is 24.8. The third-order valence-electron chi connectivity index (χ3n) is 6.33. The molecule has 3 aromatic carbocycles. The molecule has 4 rings (SSSR count). The molecule has 0 radical (unpaired) electrons. The summed E-state index contributed by atoms with van der Waals surface area (Å²) in [4.78, 5) is 41.2. The Labute approximate surface area is 206 Å². The van der Waals surface area contributed by atoms with Gasteiger partial charge in [0.1, 0.15) is 0 Å². The van der Waals surface area contributed by atoms with Crippen LogP contribution >= 0.6 is 0 Å². The predicted octanol–water partition coefficient (Wildman–Crippen LogP) is 5.17. The lowest BCUT2D eigenvalue weighted by atomic mass is 10.0. The van der Waals surface area contributed by atoms with Gasteiger partial charge in [-0.05, 0) is 54.3 Å². The Morgan fingerprint density at radius 2 is 1.71 bits per heavy atom. The van der Waals surface area contributed by atoms with Crippen LogP contribution in [0.4, 0.5) is 5.69 Å². The second-order valence-corrected chi connectivity index (χ2v) is 9.02. The van der Waals surface area contributed by atoms with Crippen LogP contribution in [0, 0.1) is 0 Å². The summed E-state index contributed by atoms with van der Waals surface area (Å²) < 4.78 is 0. The van der Waals surface area contributed by atoms with E-state index in [1.54, 1.807) is 0 Å². The number of carbonyl (C=O) groups excluding carboxylic acids is 3. The van der Waals surface area contributed by atoms with Gasteiger partial charge in [0.05, 0.1) is 6.04 Å². The van der Waals surface area contributed by atoms with Gasteiger partial charge in [0.2, 0.25) is 11.8 Å². The number of amides is 3. The van der Waals surface area contributed by atoms with Crippen LogP contribution in [0.5, 0.6) is 0 Å². The zero-order valence-corrected chi connectivity index (χ0v) is 20.2. The number of benzene rings is 3. The lowest BCUT2D eigenvalue weighted by Crippen LogP contribution is -2.33. The molecule has 1 heterocycles. The van der Waals surface area contributed by atoms with Gasteiger partial charge in [0.25, 0.3) is 5.91 Å². The van der Waals surface area contributed by atoms with Gasteiger partial charge in [-0.1, -0.05) is 54.6 Å². The van der Waals surface area contributed by atoms with E-state index in [1.165, 1.54) is 6.92 Å². The van der Waals surface area contributed by atoms with Crippen molar-refractivity contribution in [3.8, 4) is 0 Å². The third-order valence-corrected chi connectivity index (χ3v) is 6.33. The number of rotatable bonds is 8. The van der Waals surface area contributed by atoms with E-state index in [4.69, 9.17) is 0 Å². The predicted molar refractivity (Wildman–Crippen MR) is 137 cm³/mol. The number of nitrogens with one attached hydrogen (secondary N) is 1. The Kier molecular flexibility index (Phi) is 7.60. The van der Waals surface area contributed by atoms with E-state index >= 15 is 0 Å². The van der Waals surface area contributed by atoms with Crippen LogP contribution in [-0.2, 0) is 22.7 Å². The largest absolute Gasteiger partial charge is 0.338 e. The number of carbonyl (C=O) groups is 3. The molecule has 180 valence electrons. The molecule has 0 spiro atoms. The Hall–Kier alpha value is -3.93. The summed E-state index contributed by atoms with van der Waals surface area (Å²) >= 11 is 0. The van der Waals surface area contributed by atoms with E-state index in [0.29, 0.717) is 30.8 Å². The fraction of sp³-hybridized carbons (Fsp3) is 0.276. The first kappa shape index (κ1) is 24.2. The van der Waals surface area contributed by atoms with Gasteiger partial charge in [-0.3, -0.25) is 14.4 Å². The van der Waals surface area contributed by atoms with Crippen LogP contribution in [0.2, 0.25) is 0 Å². The van der Waals surface area contributed by atoms with Gasteiger partial charge < -0.3 is 15.1 Å². The second-order valence-electron chi connectivity index (χ2n) is 9.02. The van der Waals surface area contributed by atoms with Crippen LogP contribution < -0.4 is 5.32 Å². The van der Waals surface area contributed by atoms with Crippen molar-refractivity contribution in [2.75, 3.05) is 11.9 Å². The molecular formula is C29H31N3O3. The van der Waals surface area contributed by atoms with Gasteiger partial charge in [-0.2, -0.15) is 0 Å². The quantitative estimate of drug-likeness (QED) is 0.495. The fourth-order valence-corrected chi connectivity index (χ4v) is 4.48. The van der Waals surface area contributed by atoms with Crippen molar-refractivity contribution in [3.05, 3.63) is 101 Å². The smallest absolute Gasteiger partial charge is 0.254 e. The van der Waals surface area contributed by atoms with Crippen LogP contribution in [0.15, 0.2) is 78.9 Å². The molecule has 1 unspecified atom stereocenters. The minimum absolute atomic E-state index is 0.0825. The average Bonchev–Trinajstić information content (AvgIpc) is 3.26. The minimum Gasteiger partial charge on any atom is -0.338 e. The molecule has 3 amide bonds. The second kappa shape index (κ2) is 11.0.